The first-order valence-electron chi connectivity index (χ1n) is 8.37. The van der Waals surface area contributed by atoms with Gasteiger partial charge >= 0.3 is 5.97 Å². The summed E-state index contributed by atoms with van der Waals surface area (Å²) in [6, 6.07) is 14.7. The van der Waals surface area contributed by atoms with Crippen molar-refractivity contribution in [2.24, 2.45) is 5.92 Å². The third-order valence-corrected chi connectivity index (χ3v) is 4.39. The van der Waals surface area contributed by atoms with Crippen LogP contribution in [0, 0.1) is 12.8 Å². The lowest BCUT2D eigenvalue weighted by Gasteiger charge is -2.15. The number of aliphatic carboxylic acids is 1. The molecule has 0 saturated carbocycles. The van der Waals surface area contributed by atoms with Crippen LogP contribution >= 0.6 is 0 Å². The Hall–Kier alpha value is -3.21. The third-order valence-electron chi connectivity index (χ3n) is 4.39. The first kappa shape index (κ1) is 17.6. The van der Waals surface area contributed by atoms with Gasteiger partial charge in [0.15, 0.2) is 0 Å². The van der Waals surface area contributed by atoms with Crippen molar-refractivity contribution in [3.63, 3.8) is 0 Å². The van der Waals surface area contributed by atoms with Gasteiger partial charge in [0.25, 0.3) is 0 Å². The van der Waals surface area contributed by atoms with Gasteiger partial charge in [-0.3, -0.25) is 14.5 Å². The molecule has 5 heteroatoms. The number of hydrogen-bond donors (Lipinski definition) is 1. The number of benzene rings is 2. The molecule has 1 fully saturated rings. The minimum Gasteiger partial charge on any atom is -0.478 e. The molecule has 1 saturated heterocycles. The van der Waals surface area contributed by atoms with Crippen LogP contribution in [0.1, 0.15) is 23.1 Å². The number of hydrogen-bond acceptors (Lipinski definition) is 3. The van der Waals surface area contributed by atoms with Gasteiger partial charge in [-0.15, -0.1) is 0 Å². The van der Waals surface area contributed by atoms with Crippen LogP contribution < -0.4 is 4.90 Å². The van der Waals surface area contributed by atoms with E-state index >= 15 is 0 Å². The molecule has 1 heterocycles. The lowest BCUT2D eigenvalue weighted by molar-refractivity contribution is -0.131. The lowest BCUT2D eigenvalue weighted by Crippen LogP contribution is -2.30. The highest BCUT2D eigenvalue weighted by Gasteiger charge is 2.39. The molecule has 1 N–H and O–H groups in total. The molecule has 0 aromatic heterocycles. The number of carbonyl (C=O) groups is 3. The van der Waals surface area contributed by atoms with E-state index in [1.165, 1.54) is 11.0 Å². The normalized spacial score (nSPS) is 17.3. The zero-order valence-electron chi connectivity index (χ0n) is 14.4. The van der Waals surface area contributed by atoms with Crippen molar-refractivity contribution < 1.29 is 19.5 Å². The van der Waals surface area contributed by atoms with Crippen LogP contribution in [0.4, 0.5) is 5.69 Å². The van der Waals surface area contributed by atoms with Gasteiger partial charge in [0, 0.05) is 12.5 Å². The molecule has 1 aliphatic rings. The van der Waals surface area contributed by atoms with Crippen molar-refractivity contribution in [1.82, 2.24) is 0 Å². The predicted octanol–water partition coefficient (Wildman–Crippen LogP) is 3.22. The van der Waals surface area contributed by atoms with Crippen molar-refractivity contribution in [3.05, 3.63) is 71.3 Å². The molecular formula is C21H19NO4. The van der Waals surface area contributed by atoms with Gasteiger partial charge in [0.05, 0.1) is 11.6 Å². The SMILES string of the molecule is Cc1ccc(CC2CC(=O)N(c3cccc(/C=C/C(=O)O)c3)C2=O)cc1. The summed E-state index contributed by atoms with van der Waals surface area (Å²) in [6.07, 6.45) is 3.16. The van der Waals surface area contributed by atoms with Crippen molar-refractivity contribution in [3.8, 4) is 0 Å². The van der Waals surface area contributed by atoms with Gasteiger partial charge in [-0.05, 0) is 42.7 Å². The van der Waals surface area contributed by atoms with E-state index in [4.69, 9.17) is 5.11 Å². The maximum atomic E-state index is 12.8. The van der Waals surface area contributed by atoms with E-state index in [1.54, 1.807) is 24.3 Å². The van der Waals surface area contributed by atoms with E-state index in [2.05, 4.69) is 0 Å². The Morgan fingerprint density at radius 2 is 1.92 bits per heavy atom. The highest BCUT2D eigenvalue weighted by atomic mass is 16.4. The Balaban J connectivity index is 1.79. The first-order valence-corrected chi connectivity index (χ1v) is 8.37. The number of anilines is 1. The summed E-state index contributed by atoms with van der Waals surface area (Å²) in [5.74, 6) is -1.87. The largest absolute Gasteiger partial charge is 0.478 e. The number of carbonyl (C=O) groups excluding carboxylic acids is 2. The van der Waals surface area contributed by atoms with E-state index < -0.39 is 5.97 Å². The number of aryl methyl sites for hydroxylation is 1. The molecule has 1 atom stereocenters. The summed E-state index contributed by atoms with van der Waals surface area (Å²) in [4.78, 5) is 37.0. The average Bonchev–Trinajstić information content (AvgIpc) is 2.89. The molecule has 2 amide bonds. The molecule has 26 heavy (non-hydrogen) atoms. The number of amides is 2. The smallest absolute Gasteiger partial charge is 0.328 e. The minimum atomic E-state index is -1.05. The standard InChI is InChI=1S/C21H19NO4/c1-14-5-7-16(8-6-14)11-17-13-19(23)22(21(17)26)18-4-2-3-15(12-18)9-10-20(24)25/h2-10,12,17H,11,13H2,1H3,(H,24,25)/b10-9+. The number of imide groups is 1. The van der Waals surface area contributed by atoms with Crippen LogP contribution in [0.15, 0.2) is 54.6 Å². The molecule has 1 unspecified atom stereocenters. The molecule has 2 aromatic carbocycles. The Bertz CT molecular complexity index is 883. The fourth-order valence-corrected chi connectivity index (χ4v) is 3.07. The highest BCUT2D eigenvalue weighted by Crippen LogP contribution is 2.29. The zero-order chi connectivity index (χ0) is 18.7. The number of carboxylic acids is 1. The van der Waals surface area contributed by atoms with Crippen molar-refractivity contribution >= 4 is 29.5 Å². The summed E-state index contributed by atoms with van der Waals surface area (Å²) in [6.45, 7) is 2.00. The summed E-state index contributed by atoms with van der Waals surface area (Å²) in [7, 11) is 0. The van der Waals surface area contributed by atoms with E-state index in [0.717, 1.165) is 17.2 Å². The number of nitrogens with zero attached hydrogens (tertiary/aromatic N) is 1. The van der Waals surface area contributed by atoms with Gasteiger partial charge in [-0.25, -0.2) is 4.79 Å². The van der Waals surface area contributed by atoms with Gasteiger partial charge in [-0.2, -0.15) is 0 Å². The lowest BCUT2D eigenvalue weighted by atomic mass is 9.97. The Morgan fingerprint density at radius 1 is 1.19 bits per heavy atom. The third kappa shape index (κ3) is 3.88. The molecule has 0 spiro atoms. The molecule has 0 bridgehead atoms. The molecule has 2 aromatic rings. The molecule has 0 aliphatic carbocycles. The molecule has 0 radical (unpaired) electrons. The second kappa shape index (κ2) is 7.35. The van der Waals surface area contributed by atoms with Gasteiger partial charge < -0.3 is 5.11 Å². The molecule has 1 aliphatic heterocycles. The Morgan fingerprint density at radius 3 is 2.62 bits per heavy atom. The van der Waals surface area contributed by atoms with Crippen LogP contribution in [0.3, 0.4) is 0 Å². The summed E-state index contributed by atoms with van der Waals surface area (Å²) < 4.78 is 0. The Labute approximate surface area is 151 Å². The monoisotopic (exact) mass is 349 g/mol. The zero-order valence-corrected chi connectivity index (χ0v) is 14.4. The average molecular weight is 349 g/mol. The van der Waals surface area contributed by atoms with E-state index in [1.807, 2.05) is 31.2 Å². The molecule has 3 rings (SSSR count). The molecule has 132 valence electrons. The van der Waals surface area contributed by atoms with Crippen LogP contribution in [-0.4, -0.2) is 22.9 Å². The fourth-order valence-electron chi connectivity index (χ4n) is 3.07. The van der Waals surface area contributed by atoms with Crippen LogP contribution in [0.5, 0.6) is 0 Å². The van der Waals surface area contributed by atoms with Crippen LogP contribution in [0.2, 0.25) is 0 Å². The van der Waals surface area contributed by atoms with Crippen LogP contribution in [-0.2, 0) is 20.8 Å². The second-order valence-electron chi connectivity index (χ2n) is 6.42. The van der Waals surface area contributed by atoms with E-state index in [0.29, 0.717) is 17.7 Å². The summed E-state index contributed by atoms with van der Waals surface area (Å²) in [5.41, 5.74) is 3.27. The second-order valence-corrected chi connectivity index (χ2v) is 6.42. The summed E-state index contributed by atoms with van der Waals surface area (Å²) in [5, 5.41) is 8.73. The summed E-state index contributed by atoms with van der Waals surface area (Å²) >= 11 is 0. The van der Waals surface area contributed by atoms with E-state index in [9.17, 15) is 14.4 Å². The topological polar surface area (TPSA) is 74.7 Å². The van der Waals surface area contributed by atoms with Gasteiger partial charge in [0.2, 0.25) is 11.8 Å². The van der Waals surface area contributed by atoms with Gasteiger partial charge in [-0.1, -0.05) is 42.0 Å². The van der Waals surface area contributed by atoms with Crippen molar-refractivity contribution in [2.45, 2.75) is 19.8 Å². The van der Waals surface area contributed by atoms with Crippen molar-refractivity contribution in [1.29, 1.82) is 0 Å². The minimum absolute atomic E-state index is 0.182. The Kier molecular flexibility index (Phi) is 4.98. The maximum absolute atomic E-state index is 12.8. The number of rotatable bonds is 5. The van der Waals surface area contributed by atoms with Crippen molar-refractivity contribution in [2.75, 3.05) is 4.90 Å². The molecule has 5 nitrogen and oxygen atoms in total. The van der Waals surface area contributed by atoms with E-state index in [-0.39, 0.29) is 24.2 Å². The van der Waals surface area contributed by atoms with Gasteiger partial charge in [0.1, 0.15) is 0 Å². The quantitative estimate of drug-likeness (QED) is 0.664. The maximum Gasteiger partial charge on any atom is 0.328 e. The number of carboxylic acid groups (broad SMARTS) is 1. The fraction of sp³-hybridized carbons (Fsp3) is 0.190. The first-order chi connectivity index (χ1) is 12.4. The molecular weight excluding hydrogens is 330 g/mol. The highest BCUT2D eigenvalue weighted by molar-refractivity contribution is 6.21. The van der Waals surface area contributed by atoms with Crippen LogP contribution in [0.25, 0.3) is 6.08 Å². The predicted molar refractivity (Wildman–Crippen MR) is 98.6 cm³/mol.